The second-order valence-electron chi connectivity index (χ2n) is 39.4. The number of halogens is 1. The number of carboxylic acid groups (broad SMARTS) is 2. The summed E-state index contributed by atoms with van der Waals surface area (Å²) in [7, 11) is -1.98. The predicted molar refractivity (Wildman–Crippen MR) is 510 cm³/mol. The number of para-hydroxylation sites is 2. The van der Waals surface area contributed by atoms with E-state index in [1.807, 2.05) is 29.2 Å². The molecule has 5 aliphatic heterocycles. The topological polar surface area (TPSA) is 473 Å². The molecule has 11 rings (SSSR count). The Kier molecular flexibility index (Phi) is 36.5. The number of urea groups is 1. The number of carboxylic acids is 2. The van der Waals surface area contributed by atoms with Crippen LogP contribution in [-0.2, 0) is 61.7 Å². The lowest BCUT2D eigenvalue weighted by Gasteiger charge is -2.36. The van der Waals surface area contributed by atoms with Crippen LogP contribution in [0.5, 0.6) is 0 Å². The summed E-state index contributed by atoms with van der Waals surface area (Å²) in [4.78, 5) is 209. The van der Waals surface area contributed by atoms with Gasteiger partial charge in [0.2, 0.25) is 35.4 Å². The molecule has 2 aromatic carbocycles. The van der Waals surface area contributed by atoms with Crippen LogP contribution in [0.1, 0.15) is 193 Å². The van der Waals surface area contributed by atoms with Crippen LogP contribution in [0.25, 0.3) is 0 Å². The van der Waals surface area contributed by atoms with Gasteiger partial charge in [0, 0.05) is 99.8 Å². The predicted octanol–water partition coefficient (Wildman–Crippen LogP) is 10.2. The first-order valence-electron chi connectivity index (χ1n) is 46.4. The normalized spacial score (nSPS) is 25.7. The van der Waals surface area contributed by atoms with Crippen molar-refractivity contribution in [2.45, 2.75) is 249 Å². The number of amides is 13. The number of carbonyl (C=O) groups excluding carboxylic acids is 12. The van der Waals surface area contributed by atoms with Crippen LogP contribution in [0.3, 0.4) is 0 Å². The highest BCUT2D eigenvalue weighted by molar-refractivity contribution is 9.10. The molecule has 11 N–H and O–H groups in total. The average molecular weight is 1970 g/mol. The number of piperidine rings is 2. The minimum Gasteiger partial charge on any atom is -0.479 e. The Morgan fingerprint density at radius 3 is 1.46 bits per heavy atom. The van der Waals surface area contributed by atoms with Gasteiger partial charge in [-0.15, -0.1) is 39.5 Å². The van der Waals surface area contributed by atoms with Gasteiger partial charge in [-0.2, -0.15) is 0 Å². The van der Waals surface area contributed by atoms with E-state index in [0.29, 0.717) is 42.8 Å². The summed E-state index contributed by atoms with van der Waals surface area (Å²) in [6.07, 6.45) is 17.3. The Labute approximate surface area is 799 Å². The Bertz CT molecular complexity index is 4810. The summed E-state index contributed by atoms with van der Waals surface area (Å²) in [5, 5.41) is 40.1. The highest BCUT2D eigenvalue weighted by Crippen LogP contribution is 2.70. The molecule has 0 aromatic heterocycles. The van der Waals surface area contributed by atoms with Gasteiger partial charge in [0.25, 0.3) is 11.8 Å². The number of aliphatic carboxylic acids is 2. The number of likely N-dealkylation sites (tertiary alicyclic amines) is 4. The van der Waals surface area contributed by atoms with Crippen molar-refractivity contribution in [3.8, 4) is 0 Å². The third-order valence-corrected chi connectivity index (χ3v) is 29.4. The summed E-state index contributed by atoms with van der Waals surface area (Å²) in [6, 6.07) is 4.05. The number of nitrogens with one attached hydrogen (secondary N) is 8. The minimum atomic E-state index is -4.37. The summed E-state index contributed by atoms with van der Waals surface area (Å²) in [5.74, 6) is -8.02. The lowest BCUT2D eigenvalue weighted by Crippen LogP contribution is -2.59. The lowest BCUT2D eigenvalue weighted by molar-refractivity contribution is -0.146. The van der Waals surface area contributed by atoms with Crippen LogP contribution in [0.4, 0.5) is 30.6 Å². The Hall–Kier alpha value is -10.9. The highest BCUT2D eigenvalue weighted by atomic mass is 79.9. The van der Waals surface area contributed by atoms with Gasteiger partial charge in [-0.25, -0.2) is 28.8 Å². The Balaban J connectivity index is 0.000000232. The molecule has 9 aliphatic rings. The SMILES string of the molecule is C=CC1CC1(NC(=O)[C@@H]1C[C@@H](NC(=O)c2cc(Br)ccc2C(=O)N2CCCCC2)CN1C(=O)[C@@H](NC(=O)OC1CCCC1)C(C)(C)C)P(=O)(O)OCC.C=CCN(C(=O)Nc1ccccc1N1CCCCC1)[C@@H]1C[C@@H](C(=O)NC2(C(=O)O)CC2C=C)N(C(=O)[C@@H](NC(=O)OC)C(C)(C)C)C1.C=CCN(CC=C)[C@@H]1C[C@@H](C(=O)NC2(C(=O)O)CC2C=C)N(C(=O)[C@@H](NC(=O)OC)C(C)(C)C)C1. The van der Waals surface area contributed by atoms with E-state index in [9.17, 15) is 86.8 Å². The number of hydrogen-bond acceptors (Lipinski definition) is 21. The molecule has 135 heavy (non-hydrogen) atoms. The molecular weight excluding hydrogens is 1830 g/mol. The Morgan fingerprint density at radius 2 is 1.01 bits per heavy atom. The fraction of sp³-hybridized carbons (Fsp3) is 0.604. The zero-order valence-corrected chi connectivity index (χ0v) is 82.4. The molecule has 0 radical (unpaired) electrons. The molecule has 4 saturated carbocycles. The fourth-order valence-corrected chi connectivity index (χ4v) is 20.9. The van der Waals surface area contributed by atoms with Gasteiger partial charge < -0.3 is 106 Å². The molecule has 4 aliphatic carbocycles. The molecule has 9 fully saturated rings. The third-order valence-electron chi connectivity index (χ3n) is 26.7. The van der Waals surface area contributed by atoms with Gasteiger partial charge in [-0.1, -0.05) is 127 Å². The van der Waals surface area contributed by atoms with E-state index in [-0.39, 0.29) is 100.0 Å². The zero-order chi connectivity index (χ0) is 99.8. The number of nitrogens with zero attached hydrogens (tertiary/aromatic N) is 7. The number of benzene rings is 2. The Morgan fingerprint density at radius 1 is 0.556 bits per heavy atom. The molecule has 5 heterocycles. The second kappa shape index (κ2) is 45.8. The molecular formula is C96H139BrN15O22P. The molecule has 742 valence electrons. The lowest BCUT2D eigenvalue weighted by atomic mass is 9.85. The average Bonchev–Trinajstić information content (AvgIpc) is 1.56. The minimum absolute atomic E-state index is 0.0354. The molecule has 7 unspecified atom stereocenters. The maximum Gasteiger partial charge on any atom is 0.408 e. The van der Waals surface area contributed by atoms with Gasteiger partial charge >= 0.3 is 43.8 Å². The summed E-state index contributed by atoms with van der Waals surface area (Å²) in [6.45, 7) is 44.3. The van der Waals surface area contributed by atoms with Gasteiger partial charge in [0.05, 0.1) is 49.4 Å². The third kappa shape index (κ3) is 25.9. The van der Waals surface area contributed by atoms with E-state index in [1.54, 1.807) is 111 Å². The molecule has 37 nitrogen and oxygen atoms in total. The van der Waals surface area contributed by atoms with Crippen LogP contribution >= 0.6 is 23.5 Å². The van der Waals surface area contributed by atoms with Gasteiger partial charge in [0.1, 0.15) is 58.7 Å². The van der Waals surface area contributed by atoms with Crippen molar-refractivity contribution in [1.82, 2.24) is 66.6 Å². The largest absolute Gasteiger partial charge is 0.479 e. The van der Waals surface area contributed by atoms with E-state index in [0.717, 1.165) is 83.0 Å². The first kappa shape index (κ1) is 108. The molecule has 0 bridgehead atoms. The van der Waals surface area contributed by atoms with Crippen molar-refractivity contribution < 1.29 is 106 Å². The van der Waals surface area contributed by atoms with Crippen LogP contribution in [0, 0.1) is 34.0 Å². The first-order chi connectivity index (χ1) is 63.6. The van der Waals surface area contributed by atoms with Crippen molar-refractivity contribution in [2.24, 2.45) is 34.0 Å². The number of methoxy groups -OCH3 is 2. The fourth-order valence-electron chi connectivity index (χ4n) is 18.8. The van der Waals surface area contributed by atoms with E-state index < -0.39 is 178 Å². The number of anilines is 2. The first-order valence-corrected chi connectivity index (χ1v) is 48.7. The van der Waals surface area contributed by atoms with Crippen LogP contribution in [0.2, 0.25) is 0 Å². The summed E-state index contributed by atoms with van der Waals surface area (Å²) in [5.41, 5.74) is -3.27. The van der Waals surface area contributed by atoms with Gasteiger partial charge in [0.15, 0.2) is 0 Å². The molecule has 0 spiro atoms. The van der Waals surface area contributed by atoms with Crippen LogP contribution in [-0.4, -0.2) is 291 Å². The quantitative estimate of drug-likeness (QED) is 0.0176. The maximum absolute atomic E-state index is 14.5. The monoisotopic (exact) mass is 1960 g/mol. The van der Waals surface area contributed by atoms with Crippen molar-refractivity contribution in [3.05, 3.63) is 134 Å². The molecule has 16 atom stereocenters. The number of hydrogen-bond donors (Lipinski definition) is 11. The number of ether oxygens (including phenoxy) is 3. The number of alkyl carbamates (subject to hydrolysis) is 3. The smallest absolute Gasteiger partial charge is 0.408 e. The van der Waals surface area contributed by atoms with Gasteiger partial charge in [-0.3, -0.25) is 47.8 Å². The van der Waals surface area contributed by atoms with Crippen molar-refractivity contribution >= 4 is 118 Å². The van der Waals surface area contributed by atoms with E-state index >= 15 is 0 Å². The molecule has 13 amide bonds. The van der Waals surface area contributed by atoms with E-state index in [4.69, 9.17) is 18.7 Å². The zero-order valence-electron chi connectivity index (χ0n) is 79.9. The molecule has 39 heteroatoms. The second-order valence-corrected chi connectivity index (χ2v) is 42.4. The maximum atomic E-state index is 14.5. The van der Waals surface area contributed by atoms with E-state index in [1.165, 1.54) is 52.0 Å². The number of carbonyl (C=O) groups is 14. The number of rotatable bonds is 34. The molecule has 2 aromatic rings. The van der Waals surface area contributed by atoms with Crippen molar-refractivity contribution in [3.63, 3.8) is 0 Å². The van der Waals surface area contributed by atoms with Gasteiger partial charge in [-0.05, 0) is 156 Å². The molecule has 5 saturated heterocycles. The van der Waals surface area contributed by atoms with Crippen molar-refractivity contribution in [1.29, 1.82) is 0 Å². The van der Waals surface area contributed by atoms with Crippen molar-refractivity contribution in [2.75, 3.05) is 96.5 Å². The summed E-state index contributed by atoms with van der Waals surface area (Å²) >= 11 is 3.42. The highest BCUT2D eigenvalue weighted by Gasteiger charge is 2.68. The van der Waals surface area contributed by atoms with Crippen LogP contribution in [0.15, 0.2) is 123 Å². The van der Waals surface area contributed by atoms with Crippen LogP contribution < -0.4 is 47.4 Å². The van der Waals surface area contributed by atoms with E-state index in [2.05, 4.69) is 103 Å². The standard InChI is InChI=1S/C37H53BrN5O9P.C34H48N6O7.C25H38N4O6/c1-6-23-21-37(23,53(49,50)51-7-2)41-32(45)29-20-25(22-43(29)34(47)30(36(3,4)5)40-35(48)52-26-13-9-10-14-26)39-31(44)28-19-24(38)15-16-27(28)33(46)42-17-11-8-12-18-42;1-7-16-39(31(45)35-24-14-10-11-15-25(24)38-17-12-9-13-18-38)23-19-26(28(41)37-34(30(43)44)20-22(34)8-2)40(21-23)29(42)27(33(3,4)5)36-32(46)47-6;1-8-11-28(12-9-2)17-13-18(20(30)27-25(22(32)33)14-16(25)10-3)29(15-17)21(31)19(24(4,5)6)26-23(34)35-7/h6,15-16,19,23,25-26,29-30H,1,7-14,17-18,20-22H2,2-5H3,(H,39,44)(H,40,48)(H,41,45)(H,49,50);7-8,10-11,14-15,22-23,26-27H,1-2,9,12-13,16-21H2,3-6H3,(H,35,45)(H,36,46)(H,37,41)(H,43,44);8-10,16-19H,1-3,11-15H2,4-7H3,(H,26,34)(H,27,30)(H,32,33)/t23?,25-,29+,30-,37?;22?,23-,26+,27-,34?;16?,17-,18+,19-,25?/m111/s1. The summed E-state index contributed by atoms with van der Waals surface area (Å²) < 4.78 is 34.3.